The van der Waals surface area contributed by atoms with Gasteiger partial charge in [-0.05, 0) is 0 Å². The van der Waals surface area contributed by atoms with Crippen LogP contribution in [-0.4, -0.2) is 14.9 Å². The van der Waals surface area contributed by atoms with Gasteiger partial charge in [0, 0.05) is 6.07 Å². The molecule has 2 N–H and O–H groups in total. The van der Waals surface area contributed by atoms with Crippen molar-refractivity contribution in [2.75, 3.05) is 0 Å². The Morgan fingerprint density at radius 3 is 2.38 bits per heavy atom. The predicted octanol–water partition coefficient (Wildman–Crippen LogP) is -0.207. The van der Waals surface area contributed by atoms with E-state index in [1.165, 1.54) is 4.98 Å². The number of nitrogens with one attached hydrogen (secondary N) is 1. The largest absolute Gasteiger partial charge is 0.435 e. The molecule has 13 heavy (non-hydrogen) atoms. The first kappa shape index (κ1) is 9.36. The Morgan fingerprint density at radius 2 is 1.92 bits per heavy atom. The molecule has 0 aliphatic rings. The van der Waals surface area contributed by atoms with E-state index in [-0.39, 0.29) is 6.07 Å². The average molecular weight is 196 g/mol. The molecule has 1 heterocycles. The van der Waals surface area contributed by atoms with Crippen LogP contribution >= 0.6 is 0 Å². The highest BCUT2D eigenvalue weighted by Crippen LogP contribution is 2.26. The van der Waals surface area contributed by atoms with Gasteiger partial charge < -0.3 is 5.21 Å². The molecule has 1 aromatic rings. The number of hydrogen-bond donors (Lipinski definition) is 2. The molecule has 0 spiro atoms. The van der Waals surface area contributed by atoms with Crippen molar-refractivity contribution in [1.82, 2.24) is 9.71 Å². The third-order valence-corrected chi connectivity index (χ3v) is 1.21. The Morgan fingerprint density at radius 1 is 1.38 bits per heavy atom. The molecule has 0 fully saturated rings. The molecular formula is C5H3F3N2O3. The highest BCUT2D eigenvalue weighted by atomic mass is 19.4. The molecule has 0 atom stereocenters. The predicted molar refractivity (Wildman–Crippen MR) is 33.5 cm³/mol. The SMILES string of the molecule is O=c1cc(C(F)(F)F)n(O)c(=O)[nH]1. The van der Waals surface area contributed by atoms with Crippen molar-refractivity contribution in [3.63, 3.8) is 0 Å². The zero-order valence-corrected chi connectivity index (χ0v) is 5.92. The number of hydrogen-bond acceptors (Lipinski definition) is 3. The minimum atomic E-state index is -4.94. The fourth-order valence-corrected chi connectivity index (χ4v) is 0.691. The number of rotatable bonds is 0. The molecule has 0 bridgehead atoms. The number of alkyl halides is 3. The highest BCUT2D eigenvalue weighted by molar-refractivity contribution is 5.03. The second-order valence-electron chi connectivity index (χ2n) is 2.13. The summed E-state index contributed by atoms with van der Waals surface area (Å²) in [4.78, 5) is 22.3. The number of H-pyrrole nitrogens is 1. The summed E-state index contributed by atoms with van der Waals surface area (Å²) in [6.07, 6.45) is -4.94. The van der Waals surface area contributed by atoms with Gasteiger partial charge in [0.1, 0.15) is 0 Å². The average Bonchev–Trinajstić information content (AvgIpc) is 1.94. The molecule has 72 valence electrons. The normalized spacial score (nSPS) is 11.6. The molecule has 0 unspecified atom stereocenters. The fraction of sp³-hybridized carbons (Fsp3) is 0.200. The summed E-state index contributed by atoms with van der Waals surface area (Å²) in [7, 11) is 0. The van der Waals surface area contributed by atoms with Crippen molar-refractivity contribution in [3.8, 4) is 0 Å². The molecule has 8 heteroatoms. The Balaban J connectivity index is 3.56. The van der Waals surface area contributed by atoms with E-state index < -0.39 is 27.8 Å². The first-order valence-corrected chi connectivity index (χ1v) is 2.95. The molecule has 0 saturated heterocycles. The molecule has 0 saturated carbocycles. The van der Waals surface area contributed by atoms with E-state index in [9.17, 15) is 22.8 Å². The molecule has 5 nitrogen and oxygen atoms in total. The van der Waals surface area contributed by atoms with Crippen LogP contribution in [0.5, 0.6) is 0 Å². The zero-order chi connectivity index (χ0) is 10.2. The Kier molecular flexibility index (Phi) is 1.90. The topological polar surface area (TPSA) is 75.1 Å². The van der Waals surface area contributed by atoms with Gasteiger partial charge in [-0.3, -0.25) is 9.78 Å². The van der Waals surface area contributed by atoms with Crippen LogP contribution in [0.3, 0.4) is 0 Å². The van der Waals surface area contributed by atoms with Gasteiger partial charge in [-0.15, -0.1) is 4.73 Å². The van der Waals surface area contributed by atoms with Gasteiger partial charge in [0.15, 0.2) is 5.69 Å². The summed E-state index contributed by atoms with van der Waals surface area (Å²) in [5.41, 5.74) is -4.45. The van der Waals surface area contributed by atoms with E-state index in [4.69, 9.17) is 5.21 Å². The van der Waals surface area contributed by atoms with Crippen molar-refractivity contribution in [2.24, 2.45) is 0 Å². The van der Waals surface area contributed by atoms with Crippen LogP contribution in [0, 0.1) is 0 Å². The zero-order valence-electron chi connectivity index (χ0n) is 5.92. The summed E-state index contributed by atoms with van der Waals surface area (Å²) in [5.74, 6) is 0. The lowest BCUT2D eigenvalue weighted by atomic mass is 10.4. The summed E-state index contributed by atoms with van der Waals surface area (Å²) >= 11 is 0. The van der Waals surface area contributed by atoms with Crippen LogP contribution in [0.4, 0.5) is 13.2 Å². The van der Waals surface area contributed by atoms with Gasteiger partial charge in [-0.1, -0.05) is 0 Å². The van der Waals surface area contributed by atoms with Crippen molar-refractivity contribution < 1.29 is 18.4 Å². The van der Waals surface area contributed by atoms with Gasteiger partial charge in [0.2, 0.25) is 0 Å². The van der Waals surface area contributed by atoms with E-state index in [2.05, 4.69) is 0 Å². The number of aromatic nitrogens is 2. The molecule has 1 rings (SSSR count). The number of nitrogens with zero attached hydrogens (tertiary/aromatic N) is 1. The summed E-state index contributed by atoms with van der Waals surface area (Å²) in [6.45, 7) is 0. The first-order valence-electron chi connectivity index (χ1n) is 2.95. The number of halogens is 3. The molecule has 0 aliphatic heterocycles. The van der Waals surface area contributed by atoms with E-state index >= 15 is 0 Å². The third kappa shape index (κ3) is 1.71. The second-order valence-corrected chi connectivity index (χ2v) is 2.13. The Labute approximate surface area is 68.0 Å². The maximum atomic E-state index is 11.9. The van der Waals surface area contributed by atoms with E-state index in [1.807, 2.05) is 0 Å². The smallest absolute Gasteiger partial charge is 0.424 e. The first-order chi connectivity index (χ1) is 5.82. The Hall–Kier alpha value is -1.73. The lowest BCUT2D eigenvalue weighted by Crippen LogP contribution is -2.33. The van der Waals surface area contributed by atoms with Gasteiger partial charge in [-0.25, -0.2) is 4.79 Å². The minimum Gasteiger partial charge on any atom is -0.424 e. The van der Waals surface area contributed by atoms with Crippen molar-refractivity contribution >= 4 is 0 Å². The summed E-state index contributed by atoms with van der Waals surface area (Å²) in [5, 5.41) is 8.57. The van der Waals surface area contributed by atoms with Gasteiger partial charge in [0.05, 0.1) is 0 Å². The Bertz CT molecular complexity index is 430. The summed E-state index contributed by atoms with van der Waals surface area (Å²) < 4.78 is 35.1. The lowest BCUT2D eigenvalue weighted by Gasteiger charge is -2.07. The van der Waals surface area contributed by atoms with Crippen LogP contribution in [0.1, 0.15) is 5.69 Å². The monoisotopic (exact) mass is 196 g/mol. The van der Waals surface area contributed by atoms with Crippen LogP contribution in [0.15, 0.2) is 15.7 Å². The van der Waals surface area contributed by atoms with Gasteiger partial charge >= 0.3 is 11.9 Å². The van der Waals surface area contributed by atoms with Crippen LogP contribution in [-0.2, 0) is 6.18 Å². The van der Waals surface area contributed by atoms with Crippen LogP contribution in [0.2, 0.25) is 0 Å². The van der Waals surface area contributed by atoms with Crippen molar-refractivity contribution in [1.29, 1.82) is 0 Å². The van der Waals surface area contributed by atoms with E-state index in [0.29, 0.717) is 0 Å². The summed E-state index contributed by atoms with van der Waals surface area (Å²) in [6, 6.07) is 0.0847. The maximum absolute atomic E-state index is 11.9. The molecular weight excluding hydrogens is 193 g/mol. The van der Waals surface area contributed by atoms with Crippen molar-refractivity contribution in [3.05, 3.63) is 32.6 Å². The highest BCUT2D eigenvalue weighted by Gasteiger charge is 2.35. The van der Waals surface area contributed by atoms with Gasteiger partial charge in [0.25, 0.3) is 5.56 Å². The van der Waals surface area contributed by atoms with Crippen molar-refractivity contribution in [2.45, 2.75) is 6.18 Å². The quantitative estimate of drug-likeness (QED) is 0.564. The fourth-order valence-electron chi connectivity index (χ4n) is 0.691. The maximum Gasteiger partial charge on any atom is 0.435 e. The van der Waals surface area contributed by atoms with E-state index in [1.54, 1.807) is 0 Å². The molecule has 0 aliphatic carbocycles. The minimum absolute atomic E-state index is 0.0847. The molecule has 0 amide bonds. The third-order valence-electron chi connectivity index (χ3n) is 1.21. The standard InChI is InChI=1S/C5H3F3N2O3/c6-5(7,8)2-1-3(11)9-4(12)10(2)13/h1,13H,(H,9,11,12). The van der Waals surface area contributed by atoms with E-state index in [0.717, 1.165) is 0 Å². The second kappa shape index (κ2) is 2.64. The number of aromatic amines is 1. The molecule has 0 aromatic carbocycles. The van der Waals surface area contributed by atoms with Crippen LogP contribution in [0.25, 0.3) is 0 Å². The lowest BCUT2D eigenvalue weighted by molar-refractivity contribution is -0.152. The van der Waals surface area contributed by atoms with Crippen LogP contribution < -0.4 is 11.2 Å². The molecule has 0 radical (unpaired) electrons. The van der Waals surface area contributed by atoms with Gasteiger partial charge in [-0.2, -0.15) is 13.2 Å². The molecule has 1 aromatic heterocycles.